The molecule has 1 unspecified atom stereocenters. The van der Waals surface area contributed by atoms with Gasteiger partial charge in [0.05, 0.1) is 12.2 Å². The summed E-state index contributed by atoms with van der Waals surface area (Å²) in [6.07, 6.45) is 0.712. The average molecular weight is 330 g/mol. The van der Waals surface area contributed by atoms with Crippen LogP contribution in [0.5, 0.6) is 5.75 Å². The molecule has 2 amide bonds. The van der Waals surface area contributed by atoms with E-state index in [2.05, 4.69) is 10.2 Å². The van der Waals surface area contributed by atoms with Crippen LogP contribution in [0.2, 0.25) is 0 Å². The molecule has 0 bridgehead atoms. The molecule has 1 aromatic heterocycles. The van der Waals surface area contributed by atoms with Crippen molar-refractivity contribution < 1.29 is 19.8 Å². The minimum atomic E-state index is -1.70. The number of piperidine rings is 1. The summed E-state index contributed by atoms with van der Waals surface area (Å²) in [6.45, 7) is 0.269. The molecule has 2 heterocycles. The Balaban J connectivity index is 1.81. The van der Waals surface area contributed by atoms with Gasteiger partial charge in [0.15, 0.2) is 5.60 Å². The molecule has 1 fully saturated rings. The maximum Gasteiger partial charge on any atom is 0.271 e. The average Bonchev–Trinajstić information content (AvgIpc) is 3.04. The number of aromatic nitrogens is 2. The highest BCUT2D eigenvalue weighted by molar-refractivity contribution is 5.94. The highest BCUT2D eigenvalue weighted by Gasteiger charge is 2.40. The van der Waals surface area contributed by atoms with E-state index in [0.717, 1.165) is 0 Å². The van der Waals surface area contributed by atoms with Gasteiger partial charge in [0.25, 0.3) is 11.8 Å². The van der Waals surface area contributed by atoms with Gasteiger partial charge in [-0.25, -0.2) is 0 Å². The first-order chi connectivity index (χ1) is 11.4. The van der Waals surface area contributed by atoms with Crippen molar-refractivity contribution in [2.24, 2.45) is 5.73 Å². The van der Waals surface area contributed by atoms with Gasteiger partial charge in [0, 0.05) is 12.1 Å². The molecular formula is C16H18N4O4. The van der Waals surface area contributed by atoms with Gasteiger partial charge in [-0.3, -0.25) is 14.7 Å². The predicted octanol–water partition coefficient (Wildman–Crippen LogP) is 0.235. The number of primary amides is 1. The summed E-state index contributed by atoms with van der Waals surface area (Å²) in [7, 11) is 0. The molecule has 1 aromatic carbocycles. The lowest BCUT2D eigenvalue weighted by atomic mass is 9.92. The van der Waals surface area contributed by atoms with Crippen LogP contribution >= 0.6 is 0 Å². The normalized spacial score (nSPS) is 20.8. The van der Waals surface area contributed by atoms with Crippen molar-refractivity contribution in [2.45, 2.75) is 18.4 Å². The maximum atomic E-state index is 12.6. The molecule has 8 heteroatoms. The first kappa shape index (κ1) is 16.0. The van der Waals surface area contributed by atoms with E-state index in [9.17, 15) is 19.8 Å². The fraction of sp³-hybridized carbons (Fsp3) is 0.312. The number of para-hydroxylation sites is 1. The molecule has 3 rings (SSSR count). The van der Waals surface area contributed by atoms with Gasteiger partial charge < -0.3 is 20.8 Å². The van der Waals surface area contributed by atoms with Crippen LogP contribution in [0.1, 0.15) is 23.3 Å². The summed E-state index contributed by atoms with van der Waals surface area (Å²) in [5.74, 6) is -1.16. The molecule has 0 aliphatic carbocycles. The van der Waals surface area contributed by atoms with E-state index in [-0.39, 0.29) is 30.3 Å². The standard InChI is InChI=1S/C16H18N4O4/c17-15(23)16(24)6-3-7-20(9-16)14(22)12-8-11(18-19-12)10-4-1-2-5-13(10)21/h1-2,4-5,8,21,24H,3,6-7,9H2,(H2,17,23)(H,18,19). The number of hydrogen-bond acceptors (Lipinski definition) is 5. The zero-order valence-electron chi connectivity index (χ0n) is 12.9. The molecule has 1 saturated heterocycles. The third-order valence-electron chi connectivity index (χ3n) is 4.20. The predicted molar refractivity (Wildman–Crippen MR) is 85.0 cm³/mol. The van der Waals surface area contributed by atoms with Gasteiger partial charge in [-0.05, 0) is 31.0 Å². The van der Waals surface area contributed by atoms with Crippen molar-refractivity contribution in [2.75, 3.05) is 13.1 Å². The first-order valence-corrected chi connectivity index (χ1v) is 7.56. The van der Waals surface area contributed by atoms with Crippen molar-refractivity contribution in [1.82, 2.24) is 15.1 Å². The Morgan fingerprint density at radius 1 is 1.33 bits per heavy atom. The topological polar surface area (TPSA) is 133 Å². The van der Waals surface area contributed by atoms with Crippen LogP contribution < -0.4 is 5.73 Å². The molecular weight excluding hydrogens is 312 g/mol. The lowest BCUT2D eigenvalue weighted by Crippen LogP contribution is -2.57. The van der Waals surface area contributed by atoms with Gasteiger partial charge in [0.1, 0.15) is 11.4 Å². The van der Waals surface area contributed by atoms with Crippen molar-refractivity contribution in [3.63, 3.8) is 0 Å². The molecule has 1 aliphatic heterocycles. The van der Waals surface area contributed by atoms with E-state index in [1.165, 1.54) is 17.0 Å². The molecule has 0 spiro atoms. The smallest absolute Gasteiger partial charge is 0.271 e. The first-order valence-electron chi connectivity index (χ1n) is 7.56. The van der Waals surface area contributed by atoms with Gasteiger partial charge in [-0.15, -0.1) is 0 Å². The number of likely N-dealkylation sites (tertiary alicyclic amines) is 1. The van der Waals surface area contributed by atoms with Gasteiger partial charge in [-0.1, -0.05) is 12.1 Å². The van der Waals surface area contributed by atoms with Crippen LogP contribution in [0.25, 0.3) is 11.3 Å². The lowest BCUT2D eigenvalue weighted by Gasteiger charge is -2.36. The number of hydrogen-bond donors (Lipinski definition) is 4. The number of aliphatic hydroxyl groups is 1. The van der Waals surface area contributed by atoms with Crippen molar-refractivity contribution in [3.8, 4) is 17.0 Å². The van der Waals surface area contributed by atoms with E-state index < -0.39 is 11.5 Å². The Morgan fingerprint density at radius 3 is 2.79 bits per heavy atom. The van der Waals surface area contributed by atoms with Crippen LogP contribution in [-0.2, 0) is 4.79 Å². The largest absolute Gasteiger partial charge is 0.507 e. The van der Waals surface area contributed by atoms with Crippen LogP contribution in [0, 0.1) is 0 Å². The van der Waals surface area contributed by atoms with E-state index in [0.29, 0.717) is 24.2 Å². The number of aromatic amines is 1. The summed E-state index contributed by atoms with van der Waals surface area (Å²) in [6, 6.07) is 8.18. The van der Waals surface area contributed by atoms with Crippen LogP contribution in [0.3, 0.4) is 0 Å². The quantitative estimate of drug-likeness (QED) is 0.639. The zero-order valence-corrected chi connectivity index (χ0v) is 12.9. The summed E-state index contributed by atoms with van der Waals surface area (Å²) in [5.41, 5.74) is 4.66. The number of phenolic OH excluding ortho intramolecular Hbond substituents is 1. The minimum Gasteiger partial charge on any atom is -0.507 e. The Labute approximate surface area is 137 Å². The van der Waals surface area contributed by atoms with E-state index in [1.807, 2.05) is 0 Å². The van der Waals surface area contributed by atoms with Crippen molar-refractivity contribution in [1.29, 1.82) is 0 Å². The zero-order chi connectivity index (χ0) is 17.3. The second-order valence-corrected chi connectivity index (χ2v) is 5.91. The summed E-state index contributed by atoms with van der Waals surface area (Å²) < 4.78 is 0. The van der Waals surface area contributed by atoms with Gasteiger partial charge >= 0.3 is 0 Å². The Bertz CT molecular complexity index is 788. The second kappa shape index (κ2) is 5.97. The number of nitrogens with two attached hydrogens (primary N) is 1. The number of nitrogens with zero attached hydrogens (tertiary/aromatic N) is 2. The monoisotopic (exact) mass is 330 g/mol. The van der Waals surface area contributed by atoms with Gasteiger partial charge in [-0.2, -0.15) is 5.10 Å². The molecule has 126 valence electrons. The molecule has 1 aliphatic rings. The van der Waals surface area contributed by atoms with E-state index in [4.69, 9.17) is 5.73 Å². The second-order valence-electron chi connectivity index (χ2n) is 5.91. The molecule has 0 radical (unpaired) electrons. The number of carbonyl (C=O) groups is 2. The highest BCUT2D eigenvalue weighted by Crippen LogP contribution is 2.28. The number of benzene rings is 1. The number of β-amino-alcohol motifs (C(OH)–C–C–N with tert-alkyl or cyclic N) is 1. The van der Waals surface area contributed by atoms with E-state index in [1.54, 1.807) is 18.2 Å². The summed E-state index contributed by atoms with van der Waals surface area (Å²) in [4.78, 5) is 25.3. The number of carbonyl (C=O) groups excluding carboxylic acids is 2. The molecule has 8 nitrogen and oxygen atoms in total. The van der Waals surface area contributed by atoms with Crippen LogP contribution in [0.4, 0.5) is 0 Å². The molecule has 0 saturated carbocycles. The van der Waals surface area contributed by atoms with Crippen molar-refractivity contribution in [3.05, 3.63) is 36.0 Å². The fourth-order valence-corrected chi connectivity index (χ4v) is 2.84. The number of aromatic hydroxyl groups is 1. The van der Waals surface area contributed by atoms with Crippen LogP contribution in [0.15, 0.2) is 30.3 Å². The molecule has 5 N–H and O–H groups in total. The summed E-state index contributed by atoms with van der Waals surface area (Å²) >= 11 is 0. The summed E-state index contributed by atoms with van der Waals surface area (Å²) in [5, 5.41) is 26.7. The maximum absolute atomic E-state index is 12.6. The molecule has 2 aromatic rings. The SMILES string of the molecule is NC(=O)C1(O)CCCN(C(=O)c2cc(-c3ccccc3O)n[nH]2)C1. The van der Waals surface area contributed by atoms with Crippen molar-refractivity contribution >= 4 is 11.8 Å². The molecule has 1 atom stereocenters. The number of H-pyrrole nitrogens is 1. The molecule has 24 heavy (non-hydrogen) atoms. The third-order valence-corrected chi connectivity index (χ3v) is 4.20. The highest BCUT2D eigenvalue weighted by atomic mass is 16.3. The number of phenols is 1. The number of rotatable bonds is 3. The number of amides is 2. The Kier molecular flexibility index (Phi) is 3.98. The lowest BCUT2D eigenvalue weighted by molar-refractivity contribution is -0.140. The van der Waals surface area contributed by atoms with E-state index >= 15 is 0 Å². The van der Waals surface area contributed by atoms with Gasteiger partial charge in [0.2, 0.25) is 0 Å². The Hall–Kier alpha value is -2.87. The third kappa shape index (κ3) is 2.83. The Morgan fingerprint density at radius 2 is 2.08 bits per heavy atom. The minimum absolute atomic E-state index is 0.0593. The fourth-order valence-electron chi connectivity index (χ4n) is 2.84. The van der Waals surface area contributed by atoms with Crippen LogP contribution in [-0.4, -0.2) is 55.8 Å². The number of nitrogens with one attached hydrogen (secondary N) is 1.